The van der Waals surface area contributed by atoms with E-state index in [1.54, 1.807) is 0 Å². The van der Waals surface area contributed by atoms with Crippen molar-refractivity contribution in [3.8, 4) is 5.75 Å². The number of hydrogen-bond acceptors (Lipinski definition) is 6. The van der Waals surface area contributed by atoms with Crippen LogP contribution >= 0.6 is 0 Å². The van der Waals surface area contributed by atoms with Gasteiger partial charge in [-0.3, -0.25) is 0 Å². The Kier molecular flexibility index (Phi) is 1.81. The van der Waals surface area contributed by atoms with Gasteiger partial charge in [-0.15, -0.1) is 9.46 Å². The maximum Gasteiger partial charge on any atom is 0.430 e. The topological polar surface area (TPSA) is 152 Å². The van der Waals surface area contributed by atoms with Crippen LogP contribution in [0.5, 0.6) is 5.75 Å². The standard InChI is InChI=1S/C8H9N5O3/c9-4-5(10)7-3(8(14)6(4)11)1-12(15)2-13(7)16/h1-2,14H,9-11H2. The molecular formula is C8H9N5O3. The largest absolute Gasteiger partial charge is 0.614 e. The molecule has 84 valence electrons. The Bertz CT molecular complexity index is 598. The number of phenolic OH excluding ortho intramolecular Hbond substituents is 1. The molecule has 8 nitrogen and oxygen atoms in total. The summed E-state index contributed by atoms with van der Waals surface area (Å²) in [5.41, 5.74) is 16.2. The second-order valence-corrected chi connectivity index (χ2v) is 3.28. The molecule has 0 atom stereocenters. The number of nitrogen functional groups attached to an aromatic ring is 3. The number of aromatic nitrogens is 2. The summed E-state index contributed by atoms with van der Waals surface area (Å²) < 4.78 is 0.470. The molecule has 0 aliphatic heterocycles. The van der Waals surface area contributed by atoms with Gasteiger partial charge in [0.25, 0.3) is 5.52 Å². The third kappa shape index (κ3) is 1.10. The molecule has 0 aliphatic carbocycles. The summed E-state index contributed by atoms with van der Waals surface area (Å²) in [5, 5.41) is 32.1. The summed E-state index contributed by atoms with van der Waals surface area (Å²) in [4.78, 5) is 0. The maximum absolute atomic E-state index is 11.4. The average Bonchev–Trinajstić information content (AvgIpc) is 2.22. The molecule has 0 bridgehead atoms. The molecule has 0 saturated heterocycles. The molecule has 16 heavy (non-hydrogen) atoms. The third-order valence-corrected chi connectivity index (χ3v) is 2.30. The summed E-state index contributed by atoms with van der Waals surface area (Å²) in [5.74, 6) is -0.434. The number of phenols is 1. The number of hydrogen-bond donors (Lipinski definition) is 4. The van der Waals surface area contributed by atoms with E-state index in [-0.39, 0.29) is 37.4 Å². The molecule has 0 fully saturated rings. The quantitative estimate of drug-likeness (QED) is 0.141. The first-order chi connectivity index (χ1) is 7.43. The molecule has 0 spiro atoms. The van der Waals surface area contributed by atoms with Crippen molar-refractivity contribution in [2.24, 2.45) is 0 Å². The SMILES string of the molecule is Nc1c(N)c(N)c2c(c[n+]([O-])c[n+]2[O-])c1O. The van der Waals surface area contributed by atoms with Crippen molar-refractivity contribution in [3.05, 3.63) is 22.9 Å². The highest BCUT2D eigenvalue weighted by Gasteiger charge is 2.22. The van der Waals surface area contributed by atoms with Crippen LogP contribution in [0.15, 0.2) is 12.5 Å². The monoisotopic (exact) mass is 223 g/mol. The number of fused-ring (bicyclic) bond motifs is 1. The van der Waals surface area contributed by atoms with Gasteiger partial charge in [0, 0.05) is 0 Å². The summed E-state index contributed by atoms with van der Waals surface area (Å²) >= 11 is 0. The van der Waals surface area contributed by atoms with Crippen molar-refractivity contribution in [2.75, 3.05) is 17.2 Å². The summed E-state index contributed by atoms with van der Waals surface area (Å²) in [6.45, 7) is 0. The van der Waals surface area contributed by atoms with E-state index in [0.717, 1.165) is 6.20 Å². The van der Waals surface area contributed by atoms with Gasteiger partial charge < -0.3 is 32.7 Å². The Morgan fingerprint density at radius 1 is 1.06 bits per heavy atom. The van der Waals surface area contributed by atoms with E-state index in [1.165, 1.54) is 0 Å². The van der Waals surface area contributed by atoms with E-state index in [4.69, 9.17) is 17.2 Å². The number of anilines is 3. The minimum atomic E-state index is -0.434. The zero-order valence-electron chi connectivity index (χ0n) is 8.04. The molecule has 0 unspecified atom stereocenters. The first-order valence-corrected chi connectivity index (χ1v) is 4.24. The highest BCUT2D eigenvalue weighted by atomic mass is 16.5. The van der Waals surface area contributed by atoms with Crippen LogP contribution in [0.1, 0.15) is 0 Å². The zero-order valence-corrected chi connectivity index (χ0v) is 8.04. The molecule has 2 aromatic rings. The molecule has 1 heterocycles. The molecule has 1 aromatic carbocycles. The van der Waals surface area contributed by atoms with Gasteiger partial charge in [-0.05, 0) is 0 Å². The average molecular weight is 223 g/mol. The van der Waals surface area contributed by atoms with Crippen molar-refractivity contribution in [1.82, 2.24) is 0 Å². The van der Waals surface area contributed by atoms with Gasteiger partial charge in [0.2, 0.25) is 6.20 Å². The van der Waals surface area contributed by atoms with Crippen LogP contribution in [0.3, 0.4) is 0 Å². The van der Waals surface area contributed by atoms with Gasteiger partial charge in [-0.1, -0.05) is 0 Å². The Labute approximate surface area is 89.3 Å². The number of nitrogens with two attached hydrogens (primary N) is 3. The minimum absolute atomic E-state index is 0.0447. The molecule has 1 aromatic heterocycles. The Morgan fingerprint density at radius 3 is 2.31 bits per heavy atom. The maximum atomic E-state index is 11.4. The minimum Gasteiger partial charge on any atom is -0.614 e. The number of nitrogens with zero attached hydrogens (tertiary/aromatic N) is 2. The van der Waals surface area contributed by atoms with Gasteiger partial charge in [0.15, 0.2) is 11.1 Å². The van der Waals surface area contributed by atoms with Crippen molar-refractivity contribution in [3.63, 3.8) is 0 Å². The normalized spacial score (nSPS) is 10.8. The fraction of sp³-hybridized carbons (Fsp3) is 0. The van der Waals surface area contributed by atoms with Crippen LogP contribution in [0.25, 0.3) is 10.9 Å². The second-order valence-electron chi connectivity index (χ2n) is 3.28. The van der Waals surface area contributed by atoms with Crippen molar-refractivity contribution in [1.29, 1.82) is 0 Å². The van der Waals surface area contributed by atoms with E-state index in [9.17, 15) is 15.5 Å². The van der Waals surface area contributed by atoms with E-state index in [1.807, 2.05) is 0 Å². The first-order valence-electron chi connectivity index (χ1n) is 4.24. The predicted molar refractivity (Wildman–Crippen MR) is 56.8 cm³/mol. The number of aromatic hydroxyl groups is 1. The Morgan fingerprint density at radius 2 is 1.69 bits per heavy atom. The number of benzene rings is 1. The molecule has 7 N–H and O–H groups in total. The fourth-order valence-electron chi connectivity index (χ4n) is 1.48. The summed E-state index contributed by atoms with van der Waals surface area (Å²) in [6, 6.07) is 0. The van der Waals surface area contributed by atoms with Gasteiger partial charge in [0.05, 0.1) is 5.69 Å². The predicted octanol–water partition coefficient (Wildman–Crippen LogP) is -1.44. The Hall–Kier alpha value is -2.64. The fourth-order valence-corrected chi connectivity index (χ4v) is 1.48. The Balaban J connectivity index is 3.08. The van der Waals surface area contributed by atoms with Crippen molar-refractivity contribution in [2.45, 2.75) is 0 Å². The zero-order chi connectivity index (χ0) is 12.0. The van der Waals surface area contributed by atoms with Crippen LogP contribution < -0.4 is 26.7 Å². The molecule has 2 rings (SSSR count). The van der Waals surface area contributed by atoms with E-state index >= 15 is 0 Å². The summed E-state index contributed by atoms with van der Waals surface area (Å²) in [7, 11) is 0. The van der Waals surface area contributed by atoms with Gasteiger partial charge in [0.1, 0.15) is 11.4 Å². The molecule has 0 amide bonds. The lowest BCUT2D eigenvalue weighted by atomic mass is 10.1. The molecule has 0 radical (unpaired) electrons. The van der Waals surface area contributed by atoms with Crippen LogP contribution in [0.4, 0.5) is 17.1 Å². The highest BCUT2D eigenvalue weighted by Crippen LogP contribution is 2.38. The lowest BCUT2D eigenvalue weighted by Gasteiger charge is -2.10. The molecule has 0 aliphatic rings. The van der Waals surface area contributed by atoms with Gasteiger partial charge in [-0.25, -0.2) is 0 Å². The van der Waals surface area contributed by atoms with Gasteiger partial charge in [-0.2, -0.15) is 0 Å². The van der Waals surface area contributed by atoms with Crippen molar-refractivity contribution < 1.29 is 14.6 Å². The second kappa shape index (κ2) is 2.92. The smallest absolute Gasteiger partial charge is 0.430 e. The lowest BCUT2D eigenvalue weighted by molar-refractivity contribution is -0.730. The van der Waals surface area contributed by atoms with E-state index in [0.29, 0.717) is 6.33 Å². The third-order valence-electron chi connectivity index (χ3n) is 2.30. The van der Waals surface area contributed by atoms with E-state index < -0.39 is 5.75 Å². The highest BCUT2D eigenvalue weighted by molar-refractivity contribution is 6.03. The van der Waals surface area contributed by atoms with Crippen molar-refractivity contribution >= 4 is 28.0 Å². The van der Waals surface area contributed by atoms with E-state index in [2.05, 4.69) is 0 Å². The first kappa shape index (κ1) is 9.90. The summed E-state index contributed by atoms with van der Waals surface area (Å²) in [6.07, 6.45) is 1.71. The van der Waals surface area contributed by atoms with Crippen LogP contribution in [0, 0.1) is 10.4 Å². The van der Waals surface area contributed by atoms with Crippen LogP contribution in [-0.4, -0.2) is 5.11 Å². The molecule has 8 heteroatoms. The molecule has 0 saturated carbocycles. The van der Waals surface area contributed by atoms with Crippen LogP contribution in [-0.2, 0) is 0 Å². The van der Waals surface area contributed by atoms with Gasteiger partial charge >= 0.3 is 6.33 Å². The van der Waals surface area contributed by atoms with Crippen LogP contribution in [0.2, 0.25) is 0 Å². The molecular weight excluding hydrogens is 214 g/mol. The lowest BCUT2D eigenvalue weighted by Crippen LogP contribution is -2.41. The number of rotatable bonds is 0.